The Hall–Kier alpha value is 0.372. The van der Waals surface area contributed by atoms with Gasteiger partial charge in [0.1, 0.15) is 6.29 Å². The molecule has 0 aliphatic carbocycles. The predicted molar refractivity (Wildman–Crippen MR) is 60.4 cm³/mol. The summed E-state index contributed by atoms with van der Waals surface area (Å²) in [5.41, 5.74) is 0. The summed E-state index contributed by atoms with van der Waals surface area (Å²) in [5.74, 6) is 0. The van der Waals surface area contributed by atoms with Gasteiger partial charge in [0.25, 0.3) is 0 Å². The van der Waals surface area contributed by atoms with E-state index in [1.807, 2.05) is 0 Å². The molecule has 1 unspecified atom stereocenters. The molecule has 0 heterocycles. The van der Waals surface area contributed by atoms with E-state index in [9.17, 15) is 0 Å². The Morgan fingerprint density at radius 3 is 2.33 bits per heavy atom. The molecule has 0 fully saturated rings. The van der Waals surface area contributed by atoms with Gasteiger partial charge in [-0.3, -0.25) is 0 Å². The molecule has 0 aliphatic heterocycles. The summed E-state index contributed by atoms with van der Waals surface area (Å²) in [6.45, 7) is 4.93. The minimum atomic E-state index is -1.98. The van der Waals surface area contributed by atoms with E-state index in [0.29, 0.717) is 6.61 Å². The minimum absolute atomic E-state index is 0.187. The molecule has 90 valence electrons. The van der Waals surface area contributed by atoms with Crippen LogP contribution in [0.1, 0.15) is 39.5 Å². The third-order valence-corrected chi connectivity index (χ3v) is 3.41. The fourth-order valence-corrected chi connectivity index (χ4v) is 2.27. The highest BCUT2D eigenvalue weighted by Gasteiger charge is 2.32. The Kier molecular flexibility index (Phi) is 11.1. The van der Waals surface area contributed by atoms with Crippen LogP contribution >= 0.6 is 0 Å². The number of methoxy groups -OCH3 is 1. The molecule has 0 saturated carbocycles. The van der Waals surface area contributed by atoms with Crippen LogP contribution in [0, 0.1) is 0 Å². The zero-order valence-corrected chi connectivity index (χ0v) is 11.5. The van der Waals surface area contributed by atoms with Crippen LogP contribution in [0.25, 0.3) is 0 Å². The lowest BCUT2D eigenvalue weighted by molar-refractivity contribution is -0.0903. The van der Waals surface area contributed by atoms with Crippen molar-refractivity contribution < 1.29 is 16.1 Å². The number of hydrogen-bond acceptors (Lipinski definition) is 4. The van der Waals surface area contributed by atoms with E-state index < -0.39 is 15.1 Å². The van der Waals surface area contributed by atoms with Crippen molar-refractivity contribution in [3.05, 3.63) is 0 Å². The lowest BCUT2D eigenvalue weighted by Crippen LogP contribution is -2.32. The first-order valence-electron chi connectivity index (χ1n) is 5.61. The lowest BCUT2D eigenvalue weighted by atomic mass is 10.3. The second-order valence-corrected chi connectivity index (χ2v) is 4.99. The third-order valence-electron chi connectivity index (χ3n) is 1.99. The van der Waals surface area contributed by atoms with Crippen LogP contribution in [-0.4, -0.2) is 42.3 Å². The van der Waals surface area contributed by atoms with E-state index in [4.69, 9.17) is 16.1 Å². The lowest BCUT2D eigenvalue weighted by Gasteiger charge is -2.19. The summed E-state index contributed by atoms with van der Waals surface area (Å²) in [7, 11) is 3.27. The van der Waals surface area contributed by atoms with Gasteiger partial charge >= 0.3 is 15.1 Å². The van der Waals surface area contributed by atoms with E-state index in [0.717, 1.165) is 25.7 Å². The molecule has 0 spiro atoms. The van der Waals surface area contributed by atoms with E-state index in [2.05, 4.69) is 13.8 Å². The molecular formula is C10H23AlO4. The standard InChI is InChI=1S/C5H11O2.C4H9O.CH3O.Al/c1-3-4-5(6)7-2;1-2-3-4-5;1-2;/h5H,3-4H2,1-2H3;2-4H2,1H3;1H3;/q3*-1;+3. The highest BCUT2D eigenvalue weighted by Crippen LogP contribution is 2.06. The van der Waals surface area contributed by atoms with Crippen LogP contribution in [0.2, 0.25) is 0 Å². The molecule has 0 N–H and O–H groups in total. The molecule has 0 aliphatic rings. The molecule has 0 aromatic rings. The predicted octanol–water partition coefficient (Wildman–Crippen LogP) is 2.22. The van der Waals surface area contributed by atoms with E-state index in [-0.39, 0.29) is 6.29 Å². The second-order valence-electron chi connectivity index (χ2n) is 3.34. The molecule has 0 bridgehead atoms. The highest BCUT2D eigenvalue weighted by molar-refractivity contribution is 6.36. The fraction of sp³-hybridized carbons (Fsp3) is 1.00. The van der Waals surface area contributed by atoms with Crippen molar-refractivity contribution in [1.29, 1.82) is 0 Å². The van der Waals surface area contributed by atoms with Crippen molar-refractivity contribution in [1.82, 2.24) is 0 Å². The first-order valence-corrected chi connectivity index (χ1v) is 7.02. The zero-order chi connectivity index (χ0) is 11.5. The smallest absolute Gasteiger partial charge is 0.457 e. The van der Waals surface area contributed by atoms with Gasteiger partial charge in [-0.25, -0.2) is 0 Å². The Balaban J connectivity index is 3.73. The van der Waals surface area contributed by atoms with Gasteiger partial charge in [-0.2, -0.15) is 0 Å². The van der Waals surface area contributed by atoms with E-state index >= 15 is 0 Å². The summed E-state index contributed by atoms with van der Waals surface area (Å²) in [6, 6.07) is 0. The Labute approximate surface area is 98.2 Å². The summed E-state index contributed by atoms with van der Waals surface area (Å²) < 4.78 is 21.5. The molecule has 0 radical (unpaired) electrons. The summed E-state index contributed by atoms with van der Waals surface area (Å²) in [4.78, 5) is 0. The molecule has 0 aromatic carbocycles. The van der Waals surface area contributed by atoms with Crippen LogP contribution in [0.5, 0.6) is 0 Å². The summed E-state index contributed by atoms with van der Waals surface area (Å²) in [6.07, 6.45) is 3.88. The van der Waals surface area contributed by atoms with Crippen LogP contribution in [0.3, 0.4) is 0 Å². The third kappa shape index (κ3) is 8.21. The Bertz CT molecular complexity index is 135. The van der Waals surface area contributed by atoms with Gasteiger partial charge in [0.05, 0.1) is 0 Å². The van der Waals surface area contributed by atoms with Gasteiger partial charge in [0.15, 0.2) is 0 Å². The van der Waals surface area contributed by atoms with Gasteiger partial charge in [-0.05, 0) is 12.8 Å². The van der Waals surface area contributed by atoms with Crippen molar-refractivity contribution >= 4 is 15.1 Å². The molecule has 0 aromatic heterocycles. The molecule has 1 atom stereocenters. The molecule has 0 saturated heterocycles. The maximum Gasteiger partial charge on any atom is 0.907 e. The Morgan fingerprint density at radius 1 is 1.13 bits per heavy atom. The topological polar surface area (TPSA) is 36.9 Å². The van der Waals surface area contributed by atoms with Crippen molar-refractivity contribution in [2.24, 2.45) is 0 Å². The average molecular weight is 234 g/mol. The van der Waals surface area contributed by atoms with Crippen molar-refractivity contribution in [2.75, 3.05) is 20.8 Å². The number of hydrogen-bond donors (Lipinski definition) is 0. The molecule has 5 heteroatoms. The van der Waals surface area contributed by atoms with Crippen molar-refractivity contribution in [2.45, 2.75) is 45.8 Å². The van der Waals surface area contributed by atoms with Gasteiger partial charge < -0.3 is 16.1 Å². The quantitative estimate of drug-likeness (QED) is 0.330. The molecule has 15 heavy (non-hydrogen) atoms. The maximum atomic E-state index is 5.61. The summed E-state index contributed by atoms with van der Waals surface area (Å²) >= 11 is -1.98. The first kappa shape index (κ1) is 15.4. The van der Waals surface area contributed by atoms with Gasteiger partial charge in [-0.1, -0.05) is 26.7 Å². The molecule has 4 nitrogen and oxygen atoms in total. The number of rotatable bonds is 10. The monoisotopic (exact) mass is 234 g/mol. The largest absolute Gasteiger partial charge is 0.907 e. The summed E-state index contributed by atoms with van der Waals surface area (Å²) in [5, 5.41) is 0. The molecule has 0 rings (SSSR count). The van der Waals surface area contributed by atoms with E-state index in [1.165, 1.54) is 0 Å². The number of ether oxygens (including phenoxy) is 1. The van der Waals surface area contributed by atoms with Gasteiger partial charge in [0, 0.05) is 20.8 Å². The van der Waals surface area contributed by atoms with Crippen LogP contribution in [0.4, 0.5) is 0 Å². The van der Waals surface area contributed by atoms with Crippen LogP contribution < -0.4 is 0 Å². The van der Waals surface area contributed by atoms with Crippen molar-refractivity contribution in [3.8, 4) is 0 Å². The maximum absolute atomic E-state index is 5.61. The first-order chi connectivity index (χ1) is 7.28. The normalized spacial score (nSPS) is 12.8. The zero-order valence-electron chi connectivity index (χ0n) is 10.3. The SMILES string of the molecule is CCCC[O][Al]([O]C)[O]C(CCC)OC. The molecular weight excluding hydrogens is 211 g/mol. The Morgan fingerprint density at radius 2 is 1.87 bits per heavy atom. The van der Waals surface area contributed by atoms with Gasteiger partial charge in [0.2, 0.25) is 0 Å². The number of unbranched alkanes of at least 4 members (excludes halogenated alkanes) is 1. The fourth-order valence-electron chi connectivity index (χ4n) is 1.09. The van der Waals surface area contributed by atoms with E-state index in [1.54, 1.807) is 14.2 Å². The van der Waals surface area contributed by atoms with Crippen LogP contribution in [0.15, 0.2) is 0 Å². The average Bonchev–Trinajstić information content (AvgIpc) is 2.26. The minimum Gasteiger partial charge on any atom is -0.457 e. The molecule has 0 amide bonds. The van der Waals surface area contributed by atoms with Crippen LogP contribution in [-0.2, 0) is 16.1 Å². The second kappa shape index (κ2) is 10.9. The highest BCUT2D eigenvalue weighted by atomic mass is 27.3. The van der Waals surface area contributed by atoms with Crippen molar-refractivity contribution in [3.63, 3.8) is 0 Å². The van der Waals surface area contributed by atoms with Gasteiger partial charge in [-0.15, -0.1) is 0 Å².